The summed E-state index contributed by atoms with van der Waals surface area (Å²) in [6.07, 6.45) is 3.58. The van der Waals surface area contributed by atoms with Gasteiger partial charge in [-0.2, -0.15) is 11.8 Å². The van der Waals surface area contributed by atoms with Gasteiger partial charge in [0, 0.05) is 19.1 Å². The van der Waals surface area contributed by atoms with Gasteiger partial charge in [-0.15, -0.1) is 0 Å². The molecule has 1 saturated heterocycles. The molecule has 0 spiro atoms. The molecule has 84 valence electrons. The van der Waals surface area contributed by atoms with Crippen molar-refractivity contribution in [2.45, 2.75) is 18.9 Å². The first kappa shape index (κ1) is 12.3. The van der Waals surface area contributed by atoms with Crippen LogP contribution in [0.3, 0.4) is 0 Å². The Morgan fingerprint density at radius 3 is 2.50 bits per heavy atom. The molecule has 6 heteroatoms. The fraction of sp³-hybridized carbons (Fsp3) is 1.00. The van der Waals surface area contributed by atoms with Gasteiger partial charge in [0.2, 0.25) is 10.0 Å². The SMILES string of the molecule is CS(=O)(=O)NCCNC1CCSCC1. The molecule has 0 saturated carbocycles. The zero-order valence-electron chi connectivity index (χ0n) is 8.45. The average Bonchev–Trinajstić information content (AvgIpc) is 2.13. The summed E-state index contributed by atoms with van der Waals surface area (Å²) in [6.45, 7) is 1.21. The average molecular weight is 238 g/mol. The second-order valence-corrected chi connectivity index (χ2v) is 6.57. The molecule has 0 radical (unpaired) electrons. The molecule has 0 aliphatic carbocycles. The third-order valence-corrected chi connectivity index (χ3v) is 3.92. The molecular formula is C8H18N2O2S2. The van der Waals surface area contributed by atoms with Crippen molar-refractivity contribution >= 4 is 21.8 Å². The van der Waals surface area contributed by atoms with Crippen LogP contribution in [0.15, 0.2) is 0 Å². The molecule has 0 aromatic heterocycles. The standard InChI is InChI=1S/C8H18N2O2S2/c1-14(11,12)10-5-4-9-8-2-6-13-7-3-8/h8-10H,2-7H2,1H3. The summed E-state index contributed by atoms with van der Waals surface area (Å²) in [5.74, 6) is 2.44. The van der Waals surface area contributed by atoms with Gasteiger partial charge in [0.1, 0.15) is 0 Å². The molecule has 1 heterocycles. The van der Waals surface area contributed by atoms with Crippen LogP contribution in [0.4, 0.5) is 0 Å². The molecule has 14 heavy (non-hydrogen) atoms. The smallest absolute Gasteiger partial charge is 0.208 e. The summed E-state index contributed by atoms with van der Waals surface area (Å²) < 4.78 is 23.9. The van der Waals surface area contributed by atoms with Crippen molar-refractivity contribution in [3.05, 3.63) is 0 Å². The molecule has 0 aromatic rings. The van der Waals surface area contributed by atoms with E-state index in [1.54, 1.807) is 0 Å². The Balaban J connectivity index is 2.03. The van der Waals surface area contributed by atoms with Crippen molar-refractivity contribution in [1.29, 1.82) is 0 Å². The van der Waals surface area contributed by atoms with Crippen molar-refractivity contribution in [2.24, 2.45) is 0 Å². The maximum atomic E-state index is 10.7. The first-order valence-corrected chi connectivity index (χ1v) is 7.88. The number of sulfonamides is 1. The normalized spacial score (nSPS) is 19.8. The number of hydrogen-bond donors (Lipinski definition) is 2. The molecule has 1 aliphatic heterocycles. The van der Waals surface area contributed by atoms with Gasteiger partial charge in [0.05, 0.1) is 6.26 Å². The summed E-state index contributed by atoms with van der Waals surface area (Å²) in [5.41, 5.74) is 0. The van der Waals surface area contributed by atoms with Gasteiger partial charge in [-0.05, 0) is 24.3 Å². The molecule has 0 unspecified atom stereocenters. The van der Waals surface area contributed by atoms with Crippen LogP contribution in [0, 0.1) is 0 Å². The van der Waals surface area contributed by atoms with Crippen LogP contribution in [-0.4, -0.2) is 45.3 Å². The predicted molar refractivity (Wildman–Crippen MR) is 61.2 cm³/mol. The van der Waals surface area contributed by atoms with Gasteiger partial charge in [0.25, 0.3) is 0 Å². The van der Waals surface area contributed by atoms with Crippen LogP contribution in [0.1, 0.15) is 12.8 Å². The van der Waals surface area contributed by atoms with Crippen molar-refractivity contribution < 1.29 is 8.42 Å². The van der Waals surface area contributed by atoms with Gasteiger partial charge in [-0.25, -0.2) is 13.1 Å². The van der Waals surface area contributed by atoms with E-state index < -0.39 is 10.0 Å². The topological polar surface area (TPSA) is 58.2 Å². The molecule has 2 N–H and O–H groups in total. The predicted octanol–water partition coefficient (Wildman–Crippen LogP) is 0.0208. The lowest BCUT2D eigenvalue weighted by Gasteiger charge is -2.22. The molecule has 1 aliphatic rings. The van der Waals surface area contributed by atoms with Crippen LogP contribution in [0.2, 0.25) is 0 Å². The van der Waals surface area contributed by atoms with Crippen molar-refractivity contribution in [3.8, 4) is 0 Å². The monoisotopic (exact) mass is 238 g/mol. The fourth-order valence-corrected chi connectivity index (χ4v) is 2.99. The van der Waals surface area contributed by atoms with Crippen molar-refractivity contribution in [1.82, 2.24) is 10.0 Å². The Bertz CT molecular complexity index is 248. The summed E-state index contributed by atoms with van der Waals surface area (Å²) in [7, 11) is -3.02. The molecule has 0 amide bonds. The summed E-state index contributed by atoms with van der Waals surface area (Å²) >= 11 is 1.99. The van der Waals surface area contributed by atoms with E-state index >= 15 is 0 Å². The fourth-order valence-electron chi connectivity index (χ4n) is 1.41. The Labute approximate surface area is 90.3 Å². The first-order chi connectivity index (χ1) is 6.58. The van der Waals surface area contributed by atoms with Gasteiger partial charge < -0.3 is 5.32 Å². The van der Waals surface area contributed by atoms with Gasteiger partial charge in [-0.1, -0.05) is 0 Å². The molecule has 0 bridgehead atoms. The summed E-state index contributed by atoms with van der Waals surface area (Å²) in [6, 6.07) is 0.581. The number of hydrogen-bond acceptors (Lipinski definition) is 4. The van der Waals surface area contributed by atoms with E-state index in [1.807, 2.05) is 11.8 Å². The Kier molecular flexibility index (Phi) is 5.22. The summed E-state index contributed by atoms with van der Waals surface area (Å²) in [4.78, 5) is 0. The quantitative estimate of drug-likeness (QED) is 0.663. The number of thioether (sulfide) groups is 1. The second-order valence-electron chi connectivity index (χ2n) is 3.51. The molecule has 0 aromatic carbocycles. The van der Waals surface area contributed by atoms with E-state index in [0.717, 1.165) is 6.54 Å². The van der Waals surface area contributed by atoms with Crippen LogP contribution in [0.25, 0.3) is 0 Å². The Morgan fingerprint density at radius 2 is 1.93 bits per heavy atom. The van der Waals surface area contributed by atoms with E-state index in [2.05, 4.69) is 10.0 Å². The van der Waals surface area contributed by atoms with Crippen LogP contribution in [0.5, 0.6) is 0 Å². The lowest BCUT2D eigenvalue weighted by molar-refractivity contribution is 0.483. The third-order valence-electron chi connectivity index (χ3n) is 2.14. The zero-order valence-corrected chi connectivity index (χ0v) is 10.1. The minimum Gasteiger partial charge on any atom is -0.313 e. The highest BCUT2D eigenvalue weighted by Crippen LogP contribution is 2.16. The van der Waals surface area contributed by atoms with Crippen molar-refractivity contribution in [3.63, 3.8) is 0 Å². The highest BCUT2D eigenvalue weighted by molar-refractivity contribution is 7.99. The highest BCUT2D eigenvalue weighted by atomic mass is 32.2. The first-order valence-electron chi connectivity index (χ1n) is 4.84. The van der Waals surface area contributed by atoms with Gasteiger partial charge in [-0.3, -0.25) is 0 Å². The van der Waals surface area contributed by atoms with Crippen LogP contribution < -0.4 is 10.0 Å². The van der Waals surface area contributed by atoms with Crippen LogP contribution in [-0.2, 0) is 10.0 Å². The molecular weight excluding hydrogens is 220 g/mol. The van der Waals surface area contributed by atoms with Crippen LogP contribution >= 0.6 is 11.8 Å². The number of rotatable bonds is 5. The number of nitrogens with one attached hydrogen (secondary N) is 2. The minimum absolute atomic E-state index is 0.489. The Morgan fingerprint density at radius 1 is 1.29 bits per heavy atom. The minimum atomic E-state index is -3.02. The maximum absolute atomic E-state index is 10.7. The molecule has 0 atom stereocenters. The molecule has 1 fully saturated rings. The molecule has 4 nitrogen and oxygen atoms in total. The van der Waals surface area contributed by atoms with E-state index in [0.29, 0.717) is 12.6 Å². The van der Waals surface area contributed by atoms with E-state index in [1.165, 1.54) is 30.6 Å². The zero-order chi connectivity index (χ0) is 10.4. The third kappa shape index (κ3) is 5.85. The lowest BCUT2D eigenvalue weighted by Crippen LogP contribution is -2.38. The van der Waals surface area contributed by atoms with Gasteiger partial charge in [0.15, 0.2) is 0 Å². The molecule has 1 rings (SSSR count). The van der Waals surface area contributed by atoms with Crippen molar-refractivity contribution in [2.75, 3.05) is 30.9 Å². The maximum Gasteiger partial charge on any atom is 0.208 e. The largest absolute Gasteiger partial charge is 0.313 e. The van der Waals surface area contributed by atoms with E-state index in [-0.39, 0.29) is 0 Å². The second kappa shape index (κ2) is 5.95. The van der Waals surface area contributed by atoms with E-state index in [4.69, 9.17) is 0 Å². The summed E-state index contributed by atoms with van der Waals surface area (Å²) in [5, 5.41) is 3.35. The highest BCUT2D eigenvalue weighted by Gasteiger charge is 2.12. The van der Waals surface area contributed by atoms with E-state index in [9.17, 15) is 8.42 Å². The Hall–Kier alpha value is 0.220. The lowest BCUT2D eigenvalue weighted by atomic mass is 10.1. The van der Waals surface area contributed by atoms with Gasteiger partial charge >= 0.3 is 0 Å².